The van der Waals surface area contributed by atoms with Crippen LogP contribution in [0.15, 0.2) is 12.3 Å². The Hall–Kier alpha value is -1.20. The first kappa shape index (κ1) is 9.88. The van der Waals surface area contributed by atoms with Gasteiger partial charge in [-0.1, -0.05) is 6.92 Å². The van der Waals surface area contributed by atoms with Crippen LogP contribution in [0.5, 0.6) is 0 Å². The van der Waals surface area contributed by atoms with E-state index in [1.165, 1.54) is 0 Å². The number of nitrogen functional groups attached to an aromatic ring is 1. The summed E-state index contributed by atoms with van der Waals surface area (Å²) in [5.74, 6) is 6.44. The fourth-order valence-corrected chi connectivity index (χ4v) is 0.857. The zero-order valence-corrected chi connectivity index (χ0v) is 7.66. The predicted octanol–water partition coefficient (Wildman–Crippen LogP) is 0.689. The zero-order chi connectivity index (χ0) is 9.52. The molecule has 5 heteroatoms. The highest BCUT2D eigenvalue weighted by atomic mass is 16.5. The lowest BCUT2D eigenvalue weighted by atomic mass is 10.5. The Morgan fingerprint density at radius 3 is 3.15 bits per heavy atom. The lowest BCUT2D eigenvalue weighted by molar-refractivity contribution is 0.116. The van der Waals surface area contributed by atoms with E-state index in [2.05, 4.69) is 22.3 Å². The molecule has 0 saturated carbocycles. The fraction of sp³-hybridized carbons (Fsp3) is 0.500. The number of nitrogens with two attached hydrogens (primary N) is 1. The van der Waals surface area contributed by atoms with E-state index >= 15 is 0 Å². The lowest BCUT2D eigenvalue weighted by Gasteiger charge is -2.02. The van der Waals surface area contributed by atoms with Crippen molar-refractivity contribution >= 4 is 5.82 Å². The smallest absolute Gasteiger partial charge is 0.156 e. The van der Waals surface area contributed by atoms with E-state index in [4.69, 9.17) is 10.6 Å². The molecule has 3 N–H and O–H groups in total. The summed E-state index contributed by atoms with van der Waals surface area (Å²) in [6.07, 6.45) is 2.64. The van der Waals surface area contributed by atoms with Gasteiger partial charge in [0.1, 0.15) is 12.4 Å². The van der Waals surface area contributed by atoms with E-state index in [1.54, 1.807) is 12.3 Å². The third-order valence-electron chi connectivity index (χ3n) is 1.43. The standard InChI is InChI=1S/C8H14N4O/c1-2-5-13-6-8-10-4-3-7(11-8)12-9/h3-4H,2,5-6,9H2,1H3,(H,10,11,12). The maximum absolute atomic E-state index is 5.27. The molecular formula is C8H14N4O. The number of ether oxygens (including phenoxy) is 1. The molecule has 0 saturated heterocycles. The fourth-order valence-electron chi connectivity index (χ4n) is 0.857. The van der Waals surface area contributed by atoms with Crippen molar-refractivity contribution in [3.63, 3.8) is 0 Å². The molecule has 0 radical (unpaired) electrons. The number of hydrogen-bond acceptors (Lipinski definition) is 5. The first-order chi connectivity index (χ1) is 6.36. The Morgan fingerprint density at radius 2 is 2.46 bits per heavy atom. The van der Waals surface area contributed by atoms with Gasteiger partial charge < -0.3 is 10.2 Å². The van der Waals surface area contributed by atoms with Crippen molar-refractivity contribution in [1.29, 1.82) is 0 Å². The van der Waals surface area contributed by atoms with Gasteiger partial charge in [0.05, 0.1) is 0 Å². The molecule has 0 bridgehead atoms. The molecule has 0 aliphatic heterocycles. The van der Waals surface area contributed by atoms with Crippen LogP contribution in [0.1, 0.15) is 19.2 Å². The maximum atomic E-state index is 5.27. The SMILES string of the molecule is CCCOCc1nccc(NN)n1. The van der Waals surface area contributed by atoms with Crippen LogP contribution in [-0.2, 0) is 11.3 Å². The average Bonchev–Trinajstić information content (AvgIpc) is 2.19. The highest BCUT2D eigenvalue weighted by Gasteiger charge is 1.97. The minimum atomic E-state index is 0.434. The maximum Gasteiger partial charge on any atom is 0.156 e. The van der Waals surface area contributed by atoms with E-state index in [1.807, 2.05) is 0 Å². The first-order valence-electron chi connectivity index (χ1n) is 4.23. The molecule has 1 aromatic rings. The molecule has 72 valence electrons. The number of hydrogen-bond donors (Lipinski definition) is 2. The third-order valence-corrected chi connectivity index (χ3v) is 1.43. The van der Waals surface area contributed by atoms with Gasteiger partial charge in [0.2, 0.25) is 0 Å². The summed E-state index contributed by atoms with van der Waals surface area (Å²) in [5, 5.41) is 0. The Balaban J connectivity index is 2.46. The van der Waals surface area contributed by atoms with Gasteiger partial charge in [0.25, 0.3) is 0 Å². The van der Waals surface area contributed by atoms with E-state index in [-0.39, 0.29) is 0 Å². The van der Waals surface area contributed by atoms with Crippen molar-refractivity contribution in [2.24, 2.45) is 5.84 Å². The van der Waals surface area contributed by atoms with Crippen molar-refractivity contribution < 1.29 is 4.74 Å². The van der Waals surface area contributed by atoms with Gasteiger partial charge in [-0.05, 0) is 6.42 Å². The largest absolute Gasteiger partial charge is 0.373 e. The highest BCUT2D eigenvalue weighted by Crippen LogP contribution is 2.00. The molecule has 0 fully saturated rings. The van der Waals surface area contributed by atoms with Crippen molar-refractivity contribution in [1.82, 2.24) is 9.97 Å². The highest BCUT2D eigenvalue weighted by molar-refractivity contribution is 5.30. The number of rotatable bonds is 5. The Kier molecular flexibility index (Phi) is 4.14. The number of nitrogens with zero attached hydrogens (tertiary/aromatic N) is 2. The van der Waals surface area contributed by atoms with E-state index in [9.17, 15) is 0 Å². The van der Waals surface area contributed by atoms with Gasteiger partial charge in [-0.3, -0.25) is 0 Å². The normalized spacial score (nSPS) is 10.0. The van der Waals surface area contributed by atoms with Gasteiger partial charge in [-0.15, -0.1) is 0 Å². The molecule has 0 unspecified atom stereocenters. The van der Waals surface area contributed by atoms with Crippen LogP contribution in [0, 0.1) is 0 Å². The van der Waals surface area contributed by atoms with Crippen molar-refractivity contribution in [2.75, 3.05) is 12.0 Å². The molecule has 1 aromatic heterocycles. The molecule has 0 aliphatic rings. The summed E-state index contributed by atoms with van der Waals surface area (Å²) in [6, 6.07) is 1.70. The molecule has 0 aliphatic carbocycles. The van der Waals surface area contributed by atoms with Gasteiger partial charge in [0, 0.05) is 18.9 Å². The Morgan fingerprint density at radius 1 is 1.62 bits per heavy atom. The van der Waals surface area contributed by atoms with Gasteiger partial charge in [-0.2, -0.15) is 0 Å². The first-order valence-corrected chi connectivity index (χ1v) is 4.23. The second kappa shape index (κ2) is 5.45. The van der Waals surface area contributed by atoms with E-state index in [0.29, 0.717) is 18.2 Å². The van der Waals surface area contributed by atoms with Crippen LogP contribution < -0.4 is 11.3 Å². The van der Waals surface area contributed by atoms with Gasteiger partial charge in [0.15, 0.2) is 5.82 Å². The van der Waals surface area contributed by atoms with Crippen molar-refractivity contribution in [3.8, 4) is 0 Å². The van der Waals surface area contributed by atoms with Crippen LogP contribution in [0.4, 0.5) is 5.82 Å². The second-order valence-electron chi connectivity index (χ2n) is 2.56. The topological polar surface area (TPSA) is 73.1 Å². The molecular weight excluding hydrogens is 168 g/mol. The van der Waals surface area contributed by atoms with Gasteiger partial charge >= 0.3 is 0 Å². The number of aromatic nitrogens is 2. The summed E-state index contributed by atoms with van der Waals surface area (Å²) in [4.78, 5) is 8.12. The number of nitrogens with one attached hydrogen (secondary N) is 1. The summed E-state index contributed by atoms with van der Waals surface area (Å²) in [6.45, 7) is 3.21. The van der Waals surface area contributed by atoms with Crippen LogP contribution in [0.3, 0.4) is 0 Å². The molecule has 13 heavy (non-hydrogen) atoms. The van der Waals surface area contributed by atoms with Gasteiger partial charge in [-0.25, -0.2) is 15.8 Å². The Bertz CT molecular complexity index is 254. The lowest BCUT2D eigenvalue weighted by Crippen LogP contribution is -2.10. The van der Waals surface area contributed by atoms with E-state index < -0.39 is 0 Å². The Labute approximate surface area is 77.3 Å². The molecule has 1 heterocycles. The van der Waals surface area contributed by atoms with E-state index in [0.717, 1.165) is 13.0 Å². The number of hydrazine groups is 1. The van der Waals surface area contributed by atoms with Crippen molar-refractivity contribution in [3.05, 3.63) is 18.1 Å². The quantitative estimate of drug-likeness (QED) is 0.398. The zero-order valence-electron chi connectivity index (χ0n) is 7.66. The van der Waals surface area contributed by atoms with Crippen LogP contribution >= 0.6 is 0 Å². The molecule has 0 aromatic carbocycles. The van der Waals surface area contributed by atoms with Crippen molar-refractivity contribution in [2.45, 2.75) is 20.0 Å². The van der Waals surface area contributed by atoms with Crippen LogP contribution in [0.25, 0.3) is 0 Å². The van der Waals surface area contributed by atoms with Crippen LogP contribution in [-0.4, -0.2) is 16.6 Å². The average molecular weight is 182 g/mol. The molecule has 1 rings (SSSR count). The summed E-state index contributed by atoms with van der Waals surface area (Å²) >= 11 is 0. The minimum absolute atomic E-state index is 0.434. The summed E-state index contributed by atoms with van der Waals surface area (Å²) in [7, 11) is 0. The summed E-state index contributed by atoms with van der Waals surface area (Å²) < 4.78 is 5.27. The predicted molar refractivity (Wildman–Crippen MR) is 49.8 cm³/mol. The minimum Gasteiger partial charge on any atom is -0.373 e. The molecule has 0 amide bonds. The third kappa shape index (κ3) is 3.35. The molecule has 0 spiro atoms. The monoisotopic (exact) mass is 182 g/mol. The summed E-state index contributed by atoms with van der Waals surface area (Å²) in [5.41, 5.74) is 2.45. The number of anilines is 1. The van der Waals surface area contributed by atoms with Crippen LogP contribution in [0.2, 0.25) is 0 Å². The molecule has 0 atom stereocenters. The molecule has 5 nitrogen and oxygen atoms in total. The second-order valence-corrected chi connectivity index (χ2v) is 2.56.